The third-order valence-corrected chi connectivity index (χ3v) is 6.67. The lowest BCUT2D eigenvalue weighted by atomic mass is 9.95. The van der Waals surface area contributed by atoms with E-state index in [1.165, 1.54) is 37.6 Å². The van der Waals surface area contributed by atoms with Crippen molar-refractivity contribution in [3.05, 3.63) is 70.0 Å². The summed E-state index contributed by atoms with van der Waals surface area (Å²) in [6.07, 6.45) is 4.19. The van der Waals surface area contributed by atoms with E-state index in [4.69, 9.17) is 11.6 Å². The molecule has 0 spiro atoms. The van der Waals surface area contributed by atoms with Gasteiger partial charge in [-0.2, -0.15) is 0 Å². The quantitative estimate of drug-likeness (QED) is 0.679. The van der Waals surface area contributed by atoms with E-state index in [1.807, 2.05) is 0 Å². The Morgan fingerprint density at radius 2 is 1.68 bits per heavy atom. The number of nitrogens with one attached hydrogen (secondary N) is 1. The Kier molecular flexibility index (Phi) is 7.59. The Balaban J connectivity index is 1.22. The molecule has 0 aromatic heterocycles. The minimum absolute atomic E-state index is 0.0269. The summed E-state index contributed by atoms with van der Waals surface area (Å²) >= 11 is 5.83. The van der Waals surface area contributed by atoms with Crippen molar-refractivity contribution >= 4 is 17.5 Å². The van der Waals surface area contributed by atoms with Crippen LogP contribution >= 0.6 is 11.6 Å². The molecule has 0 unspecified atom stereocenters. The molecule has 1 amide bonds. The lowest BCUT2D eigenvalue weighted by molar-refractivity contribution is -0.126. The summed E-state index contributed by atoms with van der Waals surface area (Å²) in [7, 11) is 0. The van der Waals surface area contributed by atoms with Gasteiger partial charge in [0.2, 0.25) is 5.91 Å². The van der Waals surface area contributed by atoms with Gasteiger partial charge in [0, 0.05) is 36.1 Å². The molecule has 2 aliphatic rings. The van der Waals surface area contributed by atoms with Crippen LogP contribution in [0.4, 0.5) is 4.39 Å². The zero-order chi connectivity index (χ0) is 21.6. The maximum absolute atomic E-state index is 14.0. The molecule has 6 heteroatoms. The van der Waals surface area contributed by atoms with Crippen molar-refractivity contribution in [1.29, 1.82) is 0 Å². The van der Waals surface area contributed by atoms with Crippen LogP contribution in [0.3, 0.4) is 0 Å². The molecule has 2 aromatic rings. The Bertz CT molecular complexity index is 892. The Morgan fingerprint density at radius 1 is 0.968 bits per heavy atom. The van der Waals surface area contributed by atoms with Gasteiger partial charge in [-0.1, -0.05) is 41.9 Å². The lowest BCUT2D eigenvalue weighted by Gasteiger charge is -2.31. The number of halogens is 2. The van der Waals surface area contributed by atoms with Gasteiger partial charge in [0.1, 0.15) is 5.82 Å². The average molecular weight is 444 g/mol. The van der Waals surface area contributed by atoms with Crippen molar-refractivity contribution in [2.24, 2.45) is 5.92 Å². The second-order valence-electron chi connectivity index (χ2n) is 8.81. The molecule has 4 nitrogen and oxygen atoms in total. The summed E-state index contributed by atoms with van der Waals surface area (Å²) in [6.45, 7) is 6.09. The van der Waals surface area contributed by atoms with E-state index in [0.29, 0.717) is 23.7 Å². The third-order valence-electron chi connectivity index (χ3n) is 6.43. The van der Waals surface area contributed by atoms with Gasteiger partial charge in [-0.25, -0.2) is 4.39 Å². The zero-order valence-electron chi connectivity index (χ0n) is 18.0. The maximum Gasteiger partial charge on any atom is 0.223 e. The molecule has 0 aliphatic carbocycles. The second-order valence-corrected chi connectivity index (χ2v) is 9.24. The molecule has 4 rings (SSSR count). The summed E-state index contributed by atoms with van der Waals surface area (Å²) in [5, 5.41) is 3.54. The van der Waals surface area contributed by atoms with Crippen LogP contribution in [-0.4, -0.2) is 41.9 Å². The fraction of sp³-hybridized carbons (Fsp3) is 0.480. The van der Waals surface area contributed by atoms with E-state index in [2.05, 4.69) is 39.4 Å². The summed E-state index contributed by atoms with van der Waals surface area (Å²) in [5.41, 5.74) is 3.12. The van der Waals surface area contributed by atoms with Crippen molar-refractivity contribution in [3.8, 4) is 0 Å². The summed E-state index contributed by atoms with van der Waals surface area (Å²) in [6, 6.07) is 13.4. The predicted octanol–water partition coefficient (Wildman–Crippen LogP) is 4.60. The summed E-state index contributed by atoms with van der Waals surface area (Å²) < 4.78 is 14.0. The van der Waals surface area contributed by atoms with Gasteiger partial charge in [0.05, 0.1) is 0 Å². The van der Waals surface area contributed by atoms with Crippen molar-refractivity contribution < 1.29 is 9.18 Å². The first-order chi connectivity index (χ1) is 15.1. The van der Waals surface area contributed by atoms with Crippen molar-refractivity contribution in [2.75, 3.05) is 26.2 Å². The maximum atomic E-state index is 14.0. The first kappa shape index (κ1) is 22.3. The van der Waals surface area contributed by atoms with E-state index >= 15 is 0 Å². The number of piperidine rings is 1. The molecule has 1 N–H and O–H groups in total. The number of hydrogen-bond acceptors (Lipinski definition) is 3. The predicted molar refractivity (Wildman–Crippen MR) is 122 cm³/mol. The highest BCUT2D eigenvalue weighted by atomic mass is 35.5. The highest BCUT2D eigenvalue weighted by molar-refractivity contribution is 6.30. The molecule has 31 heavy (non-hydrogen) atoms. The van der Waals surface area contributed by atoms with E-state index in [0.717, 1.165) is 38.0 Å². The number of amides is 1. The molecule has 0 bridgehead atoms. The van der Waals surface area contributed by atoms with E-state index < -0.39 is 0 Å². The monoisotopic (exact) mass is 443 g/mol. The molecule has 0 saturated carbocycles. The largest absolute Gasteiger partial charge is 0.352 e. The minimum Gasteiger partial charge on any atom is -0.352 e. The molecule has 166 valence electrons. The normalized spacial score (nSPS) is 18.4. The number of nitrogens with zero attached hydrogens (tertiary/aromatic N) is 2. The molecule has 0 radical (unpaired) electrons. The molecule has 0 atom stereocenters. The molecular formula is C25H31ClFN3O. The molecule has 2 aromatic carbocycles. The Hall–Kier alpha value is -1.95. The molecule has 2 fully saturated rings. The molecule has 2 aliphatic heterocycles. The van der Waals surface area contributed by atoms with Crippen LogP contribution in [0.2, 0.25) is 5.02 Å². The van der Waals surface area contributed by atoms with Crippen LogP contribution in [0.25, 0.3) is 0 Å². The summed E-state index contributed by atoms with van der Waals surface area (Å²) in [5.74, 6) is -0.110. The third kappa shape index (κ3) is 6.28. The second kappa shape index (κ2) is 10.6. The number of hydrogen-bond donors (Lipinski definition) is 1. The average Bonchev–Trinajstić information content (AvgIpc) is 3.28. The minimum atomic E-state index is -0.265. The van der Waals surface area contributed by atoms with Crippen molar-refractivity contribution in [3.63, 3.8) is 0 Å². The number of benzene rings is 2. The van der Waals surface area contributed by atoms with Crippen LogP contribution in [-0.2, 0) is 24.4 Å². The molecule has 2 saturated heterocycles. The standard InChI is InChI=1S/C25H31ClFN3O/c26-23-7-6-22(24(27)15-23)18-30-12-8-21(9-13-30)25(31)28-16-19-4-3-5-20(14-19)17-29-10-1-2-11-29/h3-7,14-15,21H,1-2,8-13,16-18H2,(H,28,31). The topological polar surface area (TPSA) is 35.6 Å². The van der Waals surface area contributed by atoms with Crippen LogP contribution in [0.15, 0.2) is 42.5 Å². The van der Waals surface area contributed by atoms with Gasteiger partial charge in [0.15, 0.2) is 0 Å². The van der Waals surface area contributed by atoms with Crippen LogP contribution < -0.4 is 5.32 Å². The Morgan fingerprint density at radius 3 is 2.42 bits per heavy atom. The van der Waals surface area contributed by atoms with Gasteiger partial charge in [0.25, 0.3) is 0 Å². The van der Waals surface area contributed by atoms with Crippen LogP contribution in [0.5, 0.6) is 0 Å². The van der Waals surface area contributed by atoms with E-state index in [-0.39, 0.29) is 17.6 Å². The Labute approximate surface area is 189 Å². The smallest absolute Gasteiger partial charge is 0.223 e. The number of rotatable bonds is 7. The first-order valence-corrected chi connectivity index (χ1v) is 11.7. The lowest BCUT2D eigenvalue weighted by Crippen LogP contribution is -2.40. The van der Waals surface area contributed by atoms with E-state index in [1.54, 1.807) is 12.1 Å². The summed E-state index contributed by atoms with van der Waals surface area (Å²) in [4.78, 5) is 17.4. The van der Waals surface area contributed by atoms with Crippen molar-refractivity contribution in [2.45, 2.75) is 45.3 Å². The van der Waals surface area contributed by atoms with Gasteiger partial charge >= 0.3 is 0 Å². The number of carbonyl (C=O) groups excluding carboxylic acids is 1. The molecular weight excluding hydrogens is 413 g/mol. The highest BCUT2D eigenvalue weighted by Crippen LogP contribution is 2.22. The molecule has 2 heterocycles. The number of carbonyl (C=O) groups is 1. The first-order valence-electron chi connectivity index (χ1n) is 11.3. The van der Waals surface area contributed by atoms with Crippen LogP contribution in [0, 0.1) is 11.7 Å². The highest BCUT2D eigenvalue weighted by Gasteiger charge is 2.25. The SMILES string of the molecule is O=C(NCc1cccc(CN2CCCC2)c1)C1CCN(Cc2ccc(Cl)cc2F)CC1. The van der Waals surface area contributed by atoms with Gasteiger partial charge < -0.3 is 5.32 Å². The van der Waals surface area contributed by atoms with Crippen LogP contribution in [0.1, 0.15) is 42.4 Å². The fourth-order valence-electron chi connectivity index (χ4n) is 4.61. The van der Waals surface area contributed by atoms with Gasteiger partial charge in [-0.15, -0.1) is 0 Å². The van der Waals surface area contributed by atoms with E-state index in [9.17, 15) is 9.18 Å². The van der Waals surface area contributed by atoms with Gasteiger partial charge in [-0.05, 0) is 75.1 Å². The fourth-order valence-corrected chi connectivity index (χ4v) is 4.77. The van der Waals surface area contributed by atoms with Gasteiger partial charge in [-0.3, -0.25) is 14.6 Å². The number of likely N-dealkylation sites (tertiary alicyclic amines) is 2. The van der Waals surface area contributed by atoms with Crippen molar-refractivity contribution in [1.82, 2.24) is 15.1 Å². The zero-order valence-corrected chi connectivity index (χ0v) is 18.7.